The van der Waals surface area contributed by atoms with Gasteiger partial charge in [-0.1, -0.05) is 0 Å². The number of ketones is 1. The summed E-state index contributed by atoms with van der Waals surface area (Å²) in [5.74, 6) is 0.932. The van der Waals surface area contributed by atoms with E-state index in [2.05, 4.69) is 15.4 Å². The van der Waals surface area contributed by atoms with Gasteiger partial charge in [-0.25, -0.2) is 0 Å². The minimum atomic E-state index is 0.173. The molecule has 1 aliphatic rings. The number of rotatable bonds is 3. The molecule has 0 amide bonds. The van der Waals surface area contributed by atoms with Crippen molar-refractivity contribution in [2.45, 2.75) is 38.4 Å². The number of aryl methyl sites for hydroxylation is 1. The Morgan fingerprint density at radius 3 is 2.80 bits per heavy atom. The van der Waals surface area contributed by atoms with Gasteiger partial charge in [0.05, 0.1) is 13.2 Å². The lowest BCUT2D eigenvalue weighted by atomic mass is 9.97. The molecular weight excluding hydrogens is 196 g/mol. The zero-order chi connectivity index (χ0) is 10.7. The van der Waals surface area contributed by atoms with Crippen LogP contribution in [0.25, 0.3) is 0 Å². The smallest absolute Gasteiger partial charge is 0.200 e. The van der Waals surface area contributed by atoms with Crippen LogP contribution in [0.2, 0.25) is 0 Å². The molecule has 1 saturated carbocycles. The minimum Gasteiger partial charge on any atom is -0.370 e. The van der Waals surface area contributed by atoms with Gasteiger partial charge in [-0.2, -0.15) is 4.80 Å². The van der Waals surface area contributed by atoms with E-state index in [1.165, 1.54) is 4.80 Å². The molecule has 6 heteroatoms. The van der Waals surface area contributed by atoms with Crippen molar-refractivity contribution in [2.75, 3.05) is 0 Å². The molecule has 1 aromatic rings. The first kappa shape index (κ1) is 10.2. The molecular formula is C9H14N4O2. The molecule has 0 radical (unpaired) electrons. The Balaban J connectivity index is 1.76. The maximum Gasteiger partial charge on any atom is 0.200 e. The lowest BCUT2D eigenvalue weighted by Gasteiger charge is -2.20. The van der Waals surface area contributed by atoms with Crippen molar-refractivity contribution in [3.8, 4) is 0 Å². The molecule has 0 N–H and O–H groups in total. The van der Waals surface area contributed by atoms with Gasteiger partial charge in [-0.15, -0.1) is 10.2 Å². The molecule has 2 rings (SSSR count). The highest BCUT2D eigenvalue weighted by atomic mass is 16.5. The molecule has 1 heterocycles. The summed E-state index contributed by atoms with van der Waals surface area (Å²) >= 11 is 0. The molecule has 82 valence electrons. The fourth-order valence-electron chi connectivity index (χ4n) is 1.65. The Hall–Kier alpha value is -1.30. The Labute approximate surface area is 87.6 Å². The summed E-state index contributed by atoms with van der Waals surface area (Å²) in [6.07, 6.45) is 3.08. The van der Waals surface area contributed by atoms with E-state index in [4.69, 9.17) is 4.74 Å². The van der Waals surface area contributed by atoms with Crippen LogP contribution in [0, 0.1) is 0 Å². The largest absolute Gasteiger partial charge is 0.370 e. The molecule has 6 nitrogen and oxygen atoms in total. The standard InChI is InChI=1S/C9H14N4O2/c1-13-11-9(10-12-13)6-15-8-4-2-7(14)3-5-8/h8H,2-6H2,1H3. The first-order valence-corrected chi connectivity index (χ1v) is 5.10. The van der Waals surface area contributed by atoms with Crippen molar-refractivity contribution in [2.24, 2.45) is 7.05 Å². The molecule has 0 atom stereocenters. The first-order chi connectivity index (χ1) is 7.24. The van der Waals surface area contributed by atoms with Crippen LogP contribution < -0.4 is 0 Å². The van der Waals surface area contributed by atoms with Crippen molar-refractivity contribution in [3.05, 3.63) is 5.82 Å². The van der Waals surface area contributed by atoms with Gasteiger partial charge in [-0.3, -0.25) is 4.79 Å². The Kier molecular flexibility index (Phi) is 3.05. The predicted octanol–water partition coefficient (Wildman–Crippen LogP) is 0.238. The number of aromatic nitrogens is 4. The number of hydrogen-bond donors (Lipinski definition) is 0. The summed E-state index contributed by atoms with van der Waals surface area (Å²) in [5.41, 5.74) is 0. The average Bonchev–Trinajstić information content (AvgIpc) is 2.64. The number of Topliss-reactive ketones (excluding diaryl/α,β-unsaturated/α-hetero) is 1. The average molecular weight is 210 g/mol. The molecule has 0 bridgehead atoms. The van der Waals surface area contributed by atoms with Crippen LogP contribution in [0.5, 0.6) is 0 Å². The molecule has 0 aromatic carbocycles. The number of nitrogens with zero attached hydrogens (tertiary/aromatic N) is 4. The maximum atomic E-state index is 11.0. The maximum absolute atomic E-state index is 11.0. The van der Waals surface area contributed by atoms with E-state index in [0.29, 0.717) is 31.1 Å². The number of carbonyl (C=O) groups excluding carboxylic acids is 1. The van der Waals surface area contributed by atoms with Crippen molar-refractivity contribution < 1.29 is 9.53 Å². The van der Waals surface area contributed by atoms with Crippen molar-refractivity contribution >= 4 is 5.78 Å². The van der Waals surface area contributed by atoms with Gasteiger partial charge < -0.3 is 4.74 Å². The summed E-state index contributed by atoms with van der Waals surface area (Å²) in [5, 5.41) is 11.6. The highest BCUT2D eigenvalue weighted by Crippen LogP contribution is 2.18. The van der Waals surface area contributed by atoms with Gasteiger partial charge in [0.2, 0.25) is 0 Å². The first-order valence-electron chi connectivity index (χ1n) is 5.10. The van der Waals surface area contributed by atoms with E-state index in [-0.39, 0.29) is 6.10 Å². The normalized spacial score (nSPS) is 18.3. The van der Waals surface area contributed by atoms with Gasteiger partial charge >= 0.3 is 0 Å². The fourth-order valence-corrected chi connectivity index (χ4v) is 1.65. The lowest BCUT2D eigenvalue weighted by Crippen LogP contribution is -2.21. The van der Waals surface area contributed by atoms with Crippen LogP contribution in [0.15, 0.2) is 0 Å². The third-order valence-corrected chi connectivity index (χ3v) is 2.49. The highest BCUT2D eigenvalue weighted by molar-refractivity contribution is 5.79. The second kappa shape index (κ2) is 4.48. The summed E-state index contributed by atoms with van der Waals surface area (Å²) < 4.78 is 5.60. The van der Waals surface area contributed by atoms with Crippen LogP contribution in [0.4, 0.5) is 0 Å². The van der Waals surface area contributed by atoms with E-state index in [9.17, 15) is 4.79 Å². The van der Waals surface area contributed by atoms with Crippen LogP contribution >= 0.6 is 0 Å². The molecule has 1 fully saturated rings. The summed E-state index contributed by atoms with van der Waals surface area (Å²) in [6, 6.07) is 0. The Morgan fingerprint density at radius 1 is 1.47 bits per heavy atom. The number of hydrogen-bond acceptors (Lipinski definition) is 5. The second-order valence-electron chi connectivity index (χ2n) is 3.74. The Bertz CT molecular complexity index is 340. The third-order valence-electron chi connectivity index (χ3n) is 2.49. The molecule has 0 saturated heterocycles. The summed E-state index contributed by atoms with van der Waals surface area (Å²) in [6.45, 7) is 0.382. The van der Waals surface area contributed by atoms with Crippen molar-refractivity contribution in [1.29, 1.82) is 0 Å². The van der Waals surface area contributed by atoms with Gasteiger partial charge in [-0.05, 0) is 18.1 Å². The zero-order valence-corrected chi connectivity index (χ0v) is 8.72. The van der Waals surface area contributed by atoms with E-state index in [1.807, 2.05) is 0 Å². The quantitative estimate of drug-likeness (QED) is 0.714. The predicted molar refractivity (Wildman–Crippen MR) is 50.9 cm³/mol. The second-order valence-corrected chi connectivity index (χ2v) is 3.74. The molecule has 0 spiro atoms. The highest BCUT2D eigenvalue weighted by Gasteiger charge is 2.19. The van der Waals surface area contributed by atoms with Crippen molar-refractivity contribution in [1.82, 2.24) is 20.2 Å². The topological polar surface area (TPSA) is 69.9 Å². The van der Waals surface area contributed by atoms with Gasteiger partial charge in [0.1, 0.15) is 12.4 Å². The van der Waals surface area contributed by atoms with Crippen molar-refractivity contribution in [3.63, 3.8) is 0 Å². The zero-order valence-electron chi connectivity index (χ0n) is 8.72. The van der Waals surface area contributed by atoms with E-state index in [1.54, 1.807) is 7.05 Å². The molecule has 0 aliphatic heterocycles. The molecule has 15 heavy (non-hydrogen) atoms. The Morgan fingerprint density at radius 2 is 2.20 bits per heavy atom. The van der Waals surface area contributed by atoms with Crippen LogP contribution in [0.3, 0.4) is 0 Å². The van der Waals surface area contributed by atoms with E-state index >= 15 is 0 Å². The van der Waals surface area contributed by atoms with Gasteiger partial charge in [0.25, 0.3) is 0 Å². The third kappa shape index (κ3) is 2.82. The minimum absolute atomic E-state index is 0.173. The van der Waals surface area contributed by atoms with Gasteiger partial charge in [0, 0.05) is 12.8 Å². The number of carbonyl (C=O) groups is 1. The lowest BCUT2D eigenvalue weighted by molar-refractivity contribution is -0.123. The van der Waals surface area contributed by atoms with Crippen LogP contribution in [0.1, 0.15) is 31.5 Å². The van der Waals surface area contributed by atoms with Crippen LogP contribution in [-0.4, -0.2) is 32.1 Å². The summed E-state index contributed by atoms with van der Waals surface area (Å²) in [7, 11) is 1.72. The fraction of sp³-hybridized carbons (Fsp3) is 0.778. The SMILES string of the molecule is Cn1nnc(COC2CCC(=O)CC2)n1. The number of tetrazole rings is 1. The number of ether oxygens (including phenoxy) is 1. The molecule has 0 unspecified atom stereocenters. The van der Waals surface area contributed by atoms with Gasteiger partial charge in [0.15, 0.2) is 5.82 Å². The van der Waals surface area contributed by atoms with E-state index in [0.717, 1.165) is 12.8 Å². The molecule has 1 aromatic heterocycles. The monoisotopic (exact) mass is 210 g/mol. The van der Waals surface area contributed by atoms with Crippen LogP contribution in [-0.2, 0) is 23.2 Å². The molecule has 1 aliphatic carbocycles. The van der Waals surface area contributed by atoms with E-state index < -0.39 is 0 Å². The summed E-state index contributed by atoms with van der Waals surface area (Å²) in [4.78, 5) is 12.4.